The van der Waals surface area contributed by atoms with E-state index in [1.165, 1.54) is 18.9 Å². The van der Waals surface area contributed by atoms with Crippen LogP contribution in [0.1, 0.15) is 6.42 Å². The van der Waals surface area contributed by atoms with Gasteiger partial charge in [0.1, 0.15) is 0 Å². The van der Waals surface area contributed by atoms with Crippen molar-refractivity contribution in [2.24, 2.45) is 0 Å². The highest BCUT2D eigenvalue weighted by atomic mass is 32.2. The Bertz CT molecular complexity index is 336. The number of hydrogen-bond donors (Lipinski definition) is 2. The van der Waals surface area contributed by atoms with Gasteiger partial charge in [0, 0.05) is 25.3 Å². The predicted molar refractivity (Wildman–Crippen MR) is 65.1 cm³/mol. The fourth-order valence-electron chi connectivity index (χ4n) is 1.45. The zero-order valence-corrected chi connectivity index (χ0v) is 10.9. The molecule has 2 N–H and O–H groups in total. The van der Waals surface area contributed by atoms with E-state index in [0.717, 1.165) is 5.75 Å². The summed E-state index contributed by atoms with van der Waals surface area (Å²) in [5, 5.41) is 11.2. The minimum atomic E-state index is -1.05. The van der Waals surface area contributed by atoms with Crippen molar-refractivity contribution < 1.29 is 24.2 Å². The lowest BCUT2D eigenvalue weighted by Crippen LogP contribution is -2.44. The molecule has 1 heterocycles. The third-order valence-electron chi connectivity index (χ3n) is 2.46. The first-order chi connectivity index (χ1) is 8.58. The van der Waals surface area contributed by atoms with Gasteiger partial charge >= 0.3 is 5.97 Å². The molecule has 0 saturated carbocycles. The van der Waals surface area contributed by atoms with Crippen LogP contribution >= 0.6 is 11.8 Å². The van der Waals surface area contributed by atoms with Crippen LogP contribution in [-0.2, 0) is 14.3 Å². The lowest BCUT2D eigenvalue weighted by molar-refractivity contribution is -0.146. The summed E-state index contributed by atoms with van der Waals surface area (Å²) in [4.78, 5) is 35.5. The Morgan fingerprint density at radius 3 is 2.83 bits per heavy atom. The van der Waals surface area contributed by atoms with Crippen molar-refractivity contribution >= 4 is 28.9 Å². The summed E-state index contributed by atoms with van der Waals surface area (Å²) in [6.07, 6.45) is 0.0970. The number of ether oxygens (including phenoxy) is 1. The minimum absolute atomic E-state index is 0.0329. The van der Waals surface area contributed by atoms with E-state index in [1.54, 1.807) is 4.90 Å². The number of aliphatic hydroxyl groups is 1. The molecule has 7 nitrogen and oxygen atoms in total. The van der Waals surface area contributed by atoms with Crippen LogP contribution in [0.4, 0.5) is 4.79 Å². The molecule has 0 aromatic carbocycles. The third kappa shape index (κ3) is 4.19. The Hall–Kier alpha value is -1.28. The molecule has 0 spiro atoms. The van der Waals surface area contributed by atoms with E-state index in [-0.39, 0.29) is 11.7 Å². The zero-order chi connectivity index (χ0) is 13.5. The maximum Gasteiger partial charge on any atom is 0.330 e. The smallest absolute Gasteiger partial charge is 0.330 e. The maximum atomic E-state index is 11.5. The lowest BCUT2D eigenvalue weighted by atomic mass is 10.3. The molecule has 1 aliphatic heterocycles. The Kier molecular flexibility index (Phi) is 5.93. The van der Waals surface area contributed by atoms with Gasteiger partial charge in [-0.25, -0.2) is 4.79 Å². The average molecular weight is 276 g/mol. The molecule has 1 rings (SSSR count). The van der Waals surface area contributed by atoms with Crippen LogP contribution in [0.5, 0.6) is 0 Å². The van der Waals surface area contributed by atoms with E-state index < -0.39 is 24.5 Å². The van der Waals surface area contributed by atoms with E-state index in [1.807, 2.05) is 0 Å². The molecule has 8 heteroatoms. The fraction of sp³-hybridized carbons (Fsp3) is 0.700. The number of amides is 2. The summed E-state index contributed by atoms with van der Waals surface area (Å²) in [6, 6.07) is -1.05. The van der Waals surface area contributed by atoms with Crippen LogP contribution in [0.25, 0.3) is 0 Å². The van der Waals surface area contributed by atoms with Crippen molar-refractivity contribution in [3.8, 4) is 0 Å². The number of thioether (sulfide) groups is 1. The molecule has 2 amide bonds. The van der Waals surface area contributed by atoms with E-state index >= 15 is 0 Å². The number of carbonyl (C=O) groups is 3. The molecule has 1 atom stereocenters. The third-order valence-corrected chi connectivity index (χ3v) is 3.35. The molecular weight excluding hydrogens is 260 g/mol. The number of methoxy groups -OCH3 is 1. The average Bonchev–Trinajstić information content (AvgIpc) is 2.78. The lowest BCUT2D eigenvalue weighted by Gasteiger charge is -2.16. The Balaban J connectivity index is 2.32. The molecule has 0 radical (unpaired) electrons. The molecule has 0 bridgehead atoms. The Labute approximate surface area is 109 Å². The van der Waals surface area contributed by atoms with Crippen molar-refractivity contribution in [2.45, 2.75) is 12.5 Å². The number of rotatable bonds is 6. The second-order valence-corrected chi connectivity index (χ2v) is 4.72. The van der Waals surface area contributed by atoms with Crippen molar-refractivity contribution in [3.63, 3.8) is 0 Å². The van der Waals surface area contributed by atoms with Gasteiger partial charge in [-0.05, 0) is 0 Å². The van der Waals surface area contributed by atoms with Gasteiger partial charge in [-0.15, -0.1) is 0 Å². The van der Waals surface area contributed by atoms with Gasteiger partial charge in [0.25, 0.3) is 5.24 Å². The summed E-state index contributed by atoms with van der Waals surface area (Å²) >= 11 is 1.23. The van der Waals surface area contributed by atoms with Crippen molar-refractivity contribution in [3.05, 3.63) is 0 Å². The quantitative estimate of drug-likeness (QED) is 0.616. The van der Waals surface area contributed by atoms with Crippen molar-refractivity contribution in [1.29, 1.82) is 0 Å². The first-order valence-electron chi connectivity index (χ1n) is 5.48. The van der Waals surface area contributed by atoms with E-state index in [4.69, 9.17) is 5.11 Å². The highest BCUT2D eigenvalue weighted by molar-refractivity contribution is 8.13. The van der Waals surface area contributed by atoms with Crippen LogP contribution in [0.15, 0.2) is 0 Å². The number of nitrogens with zero attached hydrogens (tertiary/aromatic N) is 1. The van der Waals surface area contributed by atoms with Gasteiger partial charge in [0.2, 0.25) is 5.91 Å². The van der Waals surface area contributed by atoms with Gasteiger partial charge in [-0.3, -0.25) is 9.59 Å². The summed E-state index contributed by atoms with van der Waals surface area (Å²) in [5.41, 5.74) is 0. The van der Waals surface area contributed by atoms with E-state index in [2.05, 4.69) is 10.1 Å². The minimum Gasteiger partial charge on any atom is -0.467 e. The van der Waals surface area contributed by atoms with Gasteiger partial charge in [-0.2, -0.15) is 0 Å². The summed E-state index contributed by atoms with van der Waals surface area (Å²) in [7, 11) is 1.18. The number of carbonyl (C=O) groups excluding carboxylic acids is 3. The molecule has 1 aliphatic rings. The van der Waals surface area contributed by atoms with Gasteiger partial charge in [-0.1, -0.05) is 11.8 Å². The van der Waals surface area contributed by atoms with Gasteiger partial charge in [0.05, 0.1) is 13.7 Å². The fourth-order valence-corrected chi connectivity index (χ4v) is 2.30. The van der Waals surface area contributed by atoms with Crippen molar-refractivity contribution in [2.75, 3.05) is 32.6 Å². The summed E-state index contributed by atoms with van der Waals surface area (Å²) < 4.78 is 4.42. The number of nitrogens with one attached hydrogen (secondary N) is 1. The number of aliphatic hydroxyl groups excluding tert-OH is 1. The molecule has 0 unspecified atom stereocenters. The topological polar surface area (TPSA) is 95.9 Å². The SMILES string of the molecule is COC(=O)[C@H](CO)NC(=O)CCN1CCSC1=O. The standard InChI is InChI=1S/C10H16N2O5S/c1-17-9(15)7(6-13)11-8(14)2-3-12-4-5-18-10(12)16/h7,13H,2-6H2,1H3,(H,11,14)/t7-/m0/s1. The number of esters is 1. The molecule has 18 heavy (non-hydrogen) atoms. The van der Waals surface area contributed by atoms with Crippen LogP contribution in [0.3, 0.4) is 0 Å². The predicted octanol–water partition coefficient (Wildman–Crippen LogP) is -0.805. The maximum absolute atomic E-state index is 11.5. The van der Waals surface area contributed by atoms with Crippen LogP contribution < -0.4 is 5.32 Å². The van der Waals surface area contributed by atoms with Crippen LogP contribution in [0.2, 0.25) is 0 Å². The van der Waals surface area contributed by atoms with Crippen LogP contribution in [-0.4, -0.2) is 65.7 Å². The monoisotopic (exact) mass is 276 g/mol. The molecular formula is C10H16N2O5S. The molecule has 1 fully saturated rings. The largest absolute Gasteiger partial charge is 0.467 e. The molecule has 0 aliphatic carbocycles. The van der Waals surface area contributed by atoms with Crippen molar-refractivity contribution in [1.82, 2.24) is 10.2 Å². The molecule has 1 saturated heterocycles. The Morgan fingerprint density at radius 1 is 1.61 bits per heavy atom. The molecule has 0 aromatic heterocycles. The summed E-state index contributed by atoms with van der Waals surface area (Å²) in [6.45, 7) is 0.436. The first-order valence-corrected chi connectivity index (χ1v) is 6.46. The zero-order valence-electron chi connectivity index (χ0n) is 10.0. The Morgan fingerprint density at radius 2 is 2.33 bits per heavy atom. The summed E-state index contributed by atoms with van der Waals surface area (Å²) in [5.74, 6) is -0.357. The molecule has 0 aromatic rings. The van der Waals surface area contributed by atoms with Gasteiger partial charge in [0.15, 0.2) is 6.04 Å². The second kappa shape index (κ2) is 7.22. The molecule has 102 valence electrons. The van der Waals surface area contributed by atoms with E-state index in [9.17, 15) is 14.4 Å². The van der Waals surface area contributed by atoms with Crippen LogP contribution in [0, 0.1) is 0 Å². The highest BCUT2D eigenvalue weighted by Gasteiger charge is 2.23. The number of hydrogen-bond acceptors (Lipinski definition) is 6. The normalized spacial score (nSPS) is 16.6. The van der Waals surface area contributed by atoms with Gasteiger partial charge < -0.3 is 20.1 Å². The first kappa shape index (κ1) is 14.8. The highest BCUT2D eigenvalue weighted by Crippen LogP contribution is 2.16. The van der Waals surface area contributed by atoms with E-state index in [0.29, 0.717) is 13.1 Å². The second-order valence-electron chi connectivity index (χ2n) is 3.68.